The Morgan fingerprint density at radius 2 is 2.00 bits per heavy atom. The smallest absolute Gasteiger partial charge is 0.213 e. The summed E-state index contributed by atoms with van der Waals surface area (Å²) in [6.07, 6.45) is 13.5. The summed E-state index contributed by atoms with van der Waals surface area (Å²) in [4.78, 5) is 8.69. The maximum absolute atomic E-state index is 6.09. The van der Waals surface area contributed by atoms with E-state index in [9.17, 15) is 0 Å². The molecule has 1 fully saturated rings. The van der Waals surface area contributed by atoms with Gasteiger partial charge in [-0.2, -0.15) is 0 Å². The van der Waals surface area contributed by atoms with Crippen LogP contribution in [0.5, 0.6) is 5.88 Å². The van der Waals surface area contributed by atoms with Gasteiger partial charge in [-0.1, -0.05) is 19.1 Å². The van der Waals surface area contributed by atoms with Crippen LogP contribution in [0.4, 0.5) is 0 Å². The fourth-order valence-corrected chi connectivity index (χ4v) is 3.45. The molecular formula is C20H30N4O. The van der Waals surface area contributed by atoms with Crippen molar-refractivity contribution in [3.63, 3.8) is 0 Å². The summed E-state index contributed by atoms with van der Waals surface area (Å²) in [5.74, 6) is 2.41. The van der Waals surface area contributed by atoms with E-state index in [-0.39, 0.29) is 0 Å². The second-order valence-corrected chi connectivity index (χ2v) is 7.21. The number of aliphatic imine (C=N–C) groups is 1. The van der Waals surface area contributed by atoms with Crippen LogP contribution in [-0.4, -0.2) is 30.1 Å². The molecular weight excluding hydrogens is 312 g/mol. The lowest BCUT2D eigenvalue weighted by Gasteiger charge is -2.26. The van der Waals surface area contributed by atoms with Crippen LogP contribution in [0.2, 0.25) is 0 Å². The first-order chi connectivity index (χ1) is 12.2. The van der Waals surface area contributed by atoms with Crippen molar-refractivity contribution in [2.75, 3.05) is 7.05 Å². The van der Waals surface area contributed by atoms with Crippen molar-refractivity contribution in [2.45, 2.75) is 64.1 Å². The summed E-state index contributed by atoms with van der Waals surface area (Å²) in [7, 11) is 1.81. The van der Waals surface area contributed by atoms with Gasteiger partial charge in [-0.15, -0.1) is 0 Å². The van der Waals surface area contributed by atoms with E-state index in [0.29, 0.717) is 18.7 Å². The van der Waals surface area contributed by atoms with Gasteiger partial charge >= 0.3 is 0 Å². The molecule has 25 heavy (non-hydrogen) atoms. The molecule has 2 N–H and O–H groups in total. The lowest BCUT2D eigenvalue weighted by Crippen LogP contribution is -2.42. The van der Waals surface area contributed by atoms with Crippen LogP contribution in [0.3, 0.4) is 0 Å². The van der Waals surface area contributed by atoms with Gasteiger partial charge in [0.1, 0.15) is 6.10 Å². The number of nitrogens with one attached hydrogen (secondary N) is 2. The quantitative estimate of drug-likeness (QED) is 0.489. The third kappa shape index (κ3) is 5.48. The minimum Gasteiger partial charge on any atom is -0.474 e. The number of rotatable bonds is 5. The largest absolute Gasteiger partial charge is 0.474 e. The highest BCUT2D eigenvalue weighted by atomic mass is 16.5. The second-order valence-electron chi connectivity index (χ2n) is 7.21. The van der Waals surface area contributed by atoms with E-state index in [1.807, 2.05) is 25.4 Å². The maximum atomic E-state index is 6.09. The number of guanidine groups is 1. The summed E-state index contributed by atoms with van der Waals surface area (Å²) in [5.41, 5.74) is 1.15. The fourth-order valence-electron chi connectivity index (χ4n) is 3.45. The van der Waals surface area contributed by atoms with E-state index in [2.05, 4.69) is 39.7 Å². The van der Waals surface area contributed by atoms with E-state index >= 15 is 0 Å². The number of nitrogens with zero attached hydrogens (tertiary/aromatic N) is 2. The second kappa shape index (κ2) is 8.88. The Labute approximate surface area is 151 Å². The molecule has 0 aromatic carbocycles. The number of hydrogen-bond donors (Lipinski definition) is 2. The molecule has 3 rings (SSSR count). The molecule has 0 bridgehead atoms. The van der Waals surface area contributed by atoms with Crippen molar-refractivity contribution in [3.05, 3.63) is 36.0 Å². The lowest BCUT2D eigenvalue weighted by atomic mass is 9.89. The van der Waals surface area contributed by atoms with Gasteiger partial charge in [0, 0.05) is 31.9 Å². The number of ether oxygens (including phenoxy) is 1. The Bertz CT molecular complexity index is 597. The van der Waals surface area contributed by atoms with Crippen LogP contribution < -0.4 is 15.4 Å². The fraction of sp³-hybridized carbons (Fsp3) is 0.600. The van der Waals surface area contributed by atoms with Crippen molar-refractivity contribution < 1.29 is 4.74 Å². The third-order valence-electron chi connectivity index (χ3n) is 5.08. The molecule has 136 valence electrons. The molecule has 0 saturated heterocycles. The third-order valence-corrected chi connectivity index (χ3v) is 5.08. The molecule has 0 aliphatic heterocycles. The topological polar surface area (TPSA) is 58.5 Å². The SMILES string of the molecule is CN=C(NCc1ccnc(OC2CCC(C)CC2)c1)NC1CC=CC1. The highest BCUT2D eigenvalue weighted by Gasteiger charge is 2.20. The van der Waals surface area contributed by atoms with Crippen LogP contribution >= 0.6 is 0 Å². The van der Waals surface area contributed by atoms with Gasteiger partial charge in [0.15, 0.2) is 5.96 Å². The summed E-state index contributed by atoms with van der Waals surface area (Å²) >= 11 is 0. The first kappa shape index (κ1) is 17.8. The molecule has 1 aromatic heterocycles. The Balaban J connectivity index is 1.49. The Morgan fingerprint density at radius 3 is 2.72 bits per heavy atom. The van der Waals surface area contributed by atoms with E-state index in [1.165, 1.54) is 12.8 Å². The highest BCUT2D eigenvalue weighted by molar-refractivity contribution is 5.80. The number of pyridine rings is 1. The predicted molar refractivity (Wildman–Crippen MR) is 102 cm³/mol. The molecule has 0 atom stereocenters. The summed E-state index contributed by atoms with van der Waals surface area (Å²) in [6, 6.07) is 4.51. The van der Waals surface area contributed by atoms with E-state index in [1.54, 1.807) is 0 Å². The first-order valence-corrected chi connectivity index (χ1v) is 9.46. The van der Waals surface area contributed by atoms with Crippen LogP contribution in [0.25, 0.3) is 0 Å². The summed E-state index contributed by atoms with van der Waals surface area (Å²) < 4.78 is 6.09. The molecule has 5 nitrogen and oxygen atoms in total. The molecule has 0 spiro atoms. The van der Waals surface area contributed by atoms with Gasteiger partial charge in [-0.05, 0) is 56.1 Å². The molecule has 2 aliphatic carbocycles. The molecule has 1 saturated carbocycles. The van der Waals surface area contributed by atoms with Crippen LogP contribution in [0, 0.1) is 5.92 Å². The molecule has 1 heterocycles. The zero-order valence-corrected chi connectivity index (χ0v) is 15.4. The van der Waals surface area contributed by atoms with Crippen LogP contribution in [0.15, 0.2) is 35.5 Å². The van der Waals surface area contributed by atoms with E-state index in [4.69, 9.17) is 4.74 Å². The maximum Gasteiger partial charge on any atom is 0.213 e. The van der Waals surface area contributed by atoms with Gasteiger partial charge in [0.25, 0.3) is 0 Å². The minimum atomic E-state index is 0.316. The van der Waals surface area contributed by atoms with Crippen molar-refractivity contribution in [3.8, 4) is 5.88 Å². The molecule has 1 aromatic rings. The van der Waals surface area contributed by atoms with Crippen molar-refractivity contribution >= 4 is 5.96 Å². The van der Waals surface area contributed by atoms with Crippen molar-refractivity contribution in [2.24, 2.45) is 10.9 Å². The minimum absolute atomic E-state index is 0.316. The van der Waals surface area contributed by atoms with E-state index < -0.39 is 0 Å². The van der Waals surface area contributed by atoms with Gasteiger partial charge in [-0.3, -0.25) is 4.99 Å². The van der Waals surface area contributed by atoms with Crippen LogP contribution in [0.1, 0.15) is 51.0 Å². The first-order valence-electron chi connectivity index (χ1n) is 9.46. The Hall–Kier alpha value is -2.04. The molecule has 0 amide bonds. The van der Waals surface area contributed by atoms with Gasteiger partial charge in [0.05, 0.1) is 0 Å². The molecule has 0 unspecified atom stereocenters. The Morgan fingerprint density at radius 1 is 1.24 bits per heavy atom. The summed E-state index contributed by atoms with van der Waals surface area (Å²) in [5, 5.41) is 6.83. The van der Waals surface area contributed by atoms with Gasteiger partial charge < -0.3 is 15.4 Å². The predicted octanol–water partition coefficient (Wildman–Crippen LogP) is 3.42. The van der Waals surface area contributed by atoms with Gasteiger partial charge in [-0.25, -0.2) is 4.98 Å². The molecule has 2 aliphatic rings. The number of hydrogen-bond acceptors (Lipinski definition) is 3. The van der Waals surface area contributed by atoms with Crippen molar-refractivity contribution in [1.29, 1.82) is 0 Å². The molecule has 5 heteroatoms. The lowest BCUT2D eigenvalue weighted by molar-refractivity contribution is 0.130. The zero-order chi connectivity index (χ0) is 17.5. The normalized spacial score (nSPS) is 24.3. The zero-order valence-electron chi connectivity index (χ0n) is 15.4. The van der Waals surface area contributed by atoms with Gasteiger partial charge in [0.2, 0.25) is 5.88 Å². The van der Waals surface area contributed by atoms with Crippen LogP contribution in [-0.2, 0) is 6.54 Å². The average molecular weight is 342 g/mol. The monoisotopic (exact) mass is 342 g/mol. The molecule has 0 radical (unpaired) electrons. The average Bonchev–Trinajstić information content (AvgIpc) is 3.14. The summed E-state index contributed by atoms with van der Waals surface area (Å²) in [6.45, 7) is 3.03. The number of aromatic nitrogens is 1. The highest BCUT2D eigenvalue weighted by Crippen LogP contribution is 2.26. The standard InChI is InChI=1S/C20H30N4O/c1-15-7-9-18(10-8-15)25-19-13-16(11-12-22-19)14-23-20(21-2)24-17-5-3-4-6-17/h3-4,11-13,15,17-18H,5-10,14H2,1-2H3,(H2,21,23,24). The van der Waals surface area contributed by atoms with Crippen molar-refractivity contribution in [1.82, 2.24) is 15.6 Å². The van der Waals surface area contributed by atoms with E-state index in [0.717, 1.165) is 49.0 Å². The Kier molecular flexibility index (Phi) is 6.31.